The van der Waals surface area contributed by atoms with Crippen molar-refractivity contribution in [2.45, 2.75) is 44.6 Å². The molecule has 2 aliphatic rings. The van der Waals surface area contributed by atoms with Gasteiger partial charge in [0.2, 0.25) is 11.8 Å². The number of nitrogens with zero attached hydrogens (tertiary/aromatic N) is 1. The topological polar surface area (TPSA) is 61.4 Å². The van der Waals surface area contributed by atoms with Crippen molar-refractivity contribution in [3.05, 3.63) is 22.4 Å². The van der Waals surface area contributed by atoms with Crippen LogP contribution in [0, 0.1) is 5.92 Å². The first-order chi connectivity index (χ1) is 11.7. The van der Waals surface area contributed by atoms with Crippen molar-refractivity contribution in [2.24, 2.45) is 5.92 Å². The zero-order valence-electron chi connectivity index (χ0n) is 14.1. The molecule has 2 saturated heterocycles. The average Bonchev–Trinajstić information content (AvgIpc) is 3.31. The first-order valence-corrected chi connectivity index (χ1v) is 9.91. The van der Waals surface area contributed by atoms with Crippen molar-refractivity contribution < 1.29 is 9.59 Å². The number of thiophene rings is 1. The Kier molecular flexibility index (Phi) is 6.26. The predicted octanol–water partition coefficient (Wildman–Crippen LogP) is 1.79. The molecule has 0 unspecified atom stereocenters. The fraction of sp³-hybridized carbons (Fsp3) is 0.667. The van der Waals surface area contributed by atoms with Crippen LogP contribution < -0.4 is 10.6 Å². The molecule has 0 aliphatic carbocycles. The molecular weight excluding hydrogens is 322 g/mol. The zero-order valence-corrected chi connectivity index (χ0v) is 14.9. The van der Waals surface area contributed by atoms with Crippen LogP contribution in [0.15, 0.2) is 17.5 Å². The fourth-order valence-corrected chi connectivity index (χ4v) is 4.29. The Morgan fingerprint density at radius 3 is 3.00 bits per heavy atom. The Labute approximate surface area is 147 Å². The predicted molar refractivity (Wildman–Crippen MR) is 96.0 cm³/mol. The fourth-order valence-electron chi connectivity index (χ4n) is 3.58. The van der Waals surface area contributed by atoms with Gasteiger partial charge < -0.3 is 15.5 Å². The van der Waals surface area contributed by atoms with Crippen LogP contribution in [-0.2, 0) is 16.0 Å². The van der Waals surface area contributed by atoms with Crippen molar-refractivity contribution in [3.8, 4) is 0 Å². The van der Waals surface area contributed by atoms with Gasteiger partial charge in [-0.3, -0.25) is 9.59 Å². The van der Waals surface area contributed by atoms with E-state index in [1.165, 1.54) is 4.88 Å². The molecule has 0 spiro atoms. The van der Waals surface area contributed by atoms with Gasteiger partial charge in [-0.15, -0.1) is 11.3 Å². The lowest BCUT2D eigenvalue weighted by Gasteiger charge is -2.33. The minimum atomic E-state index is -0.0166. The van der Waals surface area contributed by atoms with Gasteiger partial charge in [0, 0.05) is 30.9 Å². The summed E-state index contributed by atoms with van der Waals surface area (Å²) in [6, 6.07) is 4.10. The number of likely N-dealkylation sites (tertiary alicyclic amines) is 1. The number of nitrogens with one attached hydrogen (secondary N) is 2. The lowest BCUT2D eigenvalue weighted by atomic mass is 9.97. The number of rotatable bonds is 6. The van der Waals surface area contributed by atoms with Crippen LogP contribution in [0.4, 0.5) is 0 Å². The molecular formula is C18H27N3O2S. The molecule has 2 N–H and O–H groups in total. The van der Waals surface area contributed by atoms with Crippen molar-refractivity contribution in [1.82, 2.24) is 15.5 Å². The molecule has 3 heterocycles. The Hall–Kier alpha value is -1.40. The molecule has 0 aromatic carbocycles. The van der Waals surface area contributed by atoms with E-state index in [4.69, 9.17) is 0 Å². The van der Waals surface area contributed by atoms with Gasteiger partial charge in [-0.2, -0.15) is 0 Å². The molecule has 3 rings (SSSR count). The largest absolute Gasteiger partial charge is 0.354 e. The molecule has 2 aliphatic heterocycles. The Morgan fingerprint density at radius 2 is 2.25 bits per heavy atom. The first-order valence-electron chi connectivity index (χ1n) is 9.03. The molecule has 1 aromatic rings. The second-order valence-electron chi connectivity index (χ2n) is 6.82. The maximum absolute atomic E-state index is 12.4. The Bertz CT molecular complexity index is 540. The van der Waals surface area contributed by atoms with Crippen LogP contribution in [0.1, 0.15) is 37.0 Å². The third-order valence-electron chi connectivity index (χ3n) is 4.98. The normalized spacial score (nSPS) is 24.1. The highest BCUT2D eigenvalue weighted by Gasteiger charge is 2.26. The van der Waals surface area contributed by atoms with Crippen molar-refractivity contribution in [3.63, 3.8) is 0 Å². The van der Waals surface area contributed by atoms with E-state index in [1.54, 1.807) is 11.3 Å². The van der Waals surface area contributed by atoms with Crippen molar-refractivity contribution in [1.29, 1.82) is 0 Å². The summed E-state index contributed by atoms with van der Waals surface area (Å²) in [6.07, 6.45) is 5.56. The summed E-state index contributed by atoms with van der Waals surface area (Å²) in [6.45, 7) is 3.26. The molecule has 1 aromatic heterocycles. The number of hydrogen-bond acceptors (Lipinski definition) is 4. The van der Waals surface area contributed by atoms with Gasteiger partial charge in [-0.1, -0.05) is 6.07 Å². The van der Waals surface area contributed by atoms with Crippen molar-refractivity contribution in [2.75, 3.05) is 26.2 Å². The number of piperidine rings is 1. The minimum absolute atomic E-state index is 0.0166. The molecule has 0 bridgehead atoms. The summed E-state index contributed by atoms with van der Waals surface area (Å²) in [5.74, 6) is 0.750. The summed E-state index contributed by atoms with van der Waals surface area (Å²) in [7, 11) is 0. The number of carbonyl (C=O) groups is 2. The van der Waals surface area contributed by atoms with E-state index in [9.17, 15) is 9.59 Å². The third-order valence-corrected chi connectivity index (χ3v) is 5.92. The van der Waals surface area contributed by atoms with Gasteiger partial charge in [0.05, 0.1) is 6.04 Å². The second kappa shape index (κ2) is 8.62. The van der Waals surface area contributed by atoms with Gasteiger partial charge in [-0.05, 0) is 56.0 Å². The third kappa shape index (κ3) is 4.80. The lowest BCUT2D eigenvalue weighted by Crippen LogP contribution is -2.46. The van der Waals surface area contributed by atoms with Gasteiger partial charge in [0.1, 0.15) is 0 Å². The maximum Gasteiger partial charge on any atom is 0.237 e. The number of aryl methyl sites for hydroxylation is 1. The lowest BCUT2D eigenvalue weighted by molar-refractivity contribution is -0.132. The van der Waals surface area contributed by atoms with E-state index in [1.807, 2.05) is 11.0 Å². The van der Waals surface area contributed by atoms with Gasteiger partial charge >= 0.3 is 0 Å². The Balaban J connectivity index is 1.40. The monoisotopic (exact) mass is 349 g/mol. The van der Waals surface area contributed by atoms with Crippen LogP contribution in [0.25, 0.3) is 0 Å². The number of amides is 2. The molecule has 132 valence electrons. The molecule has 2 atom stereocenters. The van der Waals surface area contributed by atoms with E-state index < -0.39 is 0 Å². The number of carbonyl (C=O) groups excluding carboxylic acids is 2. The molecule has 5 nitrogen and oxygen atoms in total. The van der Waals surface area contributed by atoms with Crippen LogP contribution >= 0.6 is 11.3 Å². The smallest absolute Gasteiger partial charge is 0.237 e. The van der Waals surface area contributed by atoms with E-state index in [2.05, 4.69) is 22.1 Å². The van der Waals surface area contributed by atoms with Crippen LogP contribution in [0.5, 0.6) is 0 Å². The van der Waals surface area contributed by atoms with Gasteiger partial charge in [0.15, 0.2) is 0 Å². The highest BCUT2D eigenvalue weighted by atomic mass is 32.1. The molecule has 0 saturated carbocycles. The molecule has 24 heavy (non-hydrogen) atoms. The second-order valence-corrected chi connectivity index (χ2v) is 7.85. The highest BCUT2D eigenvalue weighted by molar-refractivity contribution is 7.09. The first kappa shape index (κ1) is 17.4. The molecule has 6 heteroatoms. The molecule has 2 amide bonds. The summed E-state index contributed by atoms with van der Waals surface area (Å²) < 4.78 is 0. The number of hydrogen-bond donors (Lipinski definition) is 2. The highest BCUT2D eigenvalue weighted by Crippen LogP contribution is 2.18. The van der Waals surface area contributed by atoms with E-state index >= 15 is 0 Å². The SMILES string of the molecule is O=C(NC[C@@H]1CCCN(C(=O)CCc2cccs2)C1)[C@H]1CCCN1. The van der Waals surface area contributed by atoms with E-state index in [0.29, 0.717) is 18.9 Å². The zero-order chi connectivity index (χ0) is 16.8. The van der Waals surface area contributed by atoms with Gasteiger partial charge in [0.25, 0.3) is 0 Å². The summed E-state index contributed by atoms with van der Waals surface area (Å²) in [4.78, 5) is 27.8. The average molecular weight is 350 g/mol. The van der Waals surface area contributed by atoms with Crippen LogP contribution in [0.2, 0.25) is 0 Å². The van der Waals surface area contributed by atoms with Crippen LogP contribution in [0.3, 0.4) is 0 Å². The maximum atomic E-state index is 12.4. The van der Waals surface area contributed by atoms with Crippen LogP contribution in [-0.4, -0.2) is 48.9 Å². The molecule has 2 fully saturated rings. The van der Waals surface area contributed by atoms with E-state index in [0.717, 1.165) is 51.7 Å². The molecule has 0 radical (unpaired) electrons. The summed E-state index contributed by atoms with van der Waals surface area (Å²) >= 11 is 1.71. The summed E-state index contributed by atoms with van der Waals surface area (Å²) in [5.41, 5.74) is 0. The quantitative estimate of drug-likeness (QED) is 0.823. The van der Waals surface area contributed by atoms with Gasteiger partial charge in [-0.25, -0.2) is 0 Å². The van der Waals surface area contributed by atoms with E-state index in [-0.39, 0.29) is 17.9 Å². The minimum Gasteiger partial charge on any atom is -0.354 e. The Morgan fingerprint density at radius 1 is 1.33 bits per heavy atom. The van der Waals surface area contributed by atoms with Crippen molar-refractivity contribution >= 4 is 23.2 Å². The standard InChI is InChI=1S/C18H27N3O2S/c22-17(8-7-15-5-3-11-24-15)21-10-2-4-14(13-21)12-20-18(23)16-6-1-9-19-16/h3,5,11,14,16,19H,1-2,4,6-10,12-13H2,(H,20,23)/t14-,16+/m0/s1. The summed E-state index contributed by atoms with van der Waals surface area (Å²) in [5, 5.41) is 8.35.